The molecule has 0 atom stereocenters. The van der Waals surface area contributed by atoms with Crippen LogP contribution >= 0.6 is 0 Å². The van der Waals surface area contributed by atoms with E-state index in [1.165, 1.54) is 13.2 Å². The van der Waals surface area contributed by atoms with E-state index in [1.54, 1.807) is 0 Å². The molecule has 0 spiro atoms. The van der Waals surface area contributed by atoms with Crippen LogP contribution in [0.2, 0.25) is 0 Å². The van der Waals surface area contributed by atoms with Crippen molar-refractivity contribution < 1.29 is 14.3 Å². The van der Waals surface area contributed by atoms with E-state index in [-0.39, 0.29) is 5.97 Å². The summed E-state index contributed by atoms with van der Waals surface area (Å²) in [7, 11) is 1.36. The zero-order valence-electron chi connectivity index (χ0n) is 9.60. The van der Waals surface area contributed by atoms with Crippen LogP contribution in [0.15, 0.2) is 42.0 Å². The van der Waals surface area contributed by atoms with E-state index in [0.717, 1.165) is 11.1 Å². The van der Waals surface area contributed by atoms with Gasteiger partial charge in [-0.1, -0.05) is 30.3 Å². The fraction of sp³-hybridized carbons (Fsp3) is 0.308. The van der Waals surface area contributed by atoms with E-state index in [0.29, 0.717) is 13.2 Å². The maximum absolute atomic E-state index is 10.9. The SMILES string of the molecule is COC(=O)/C=C(/C)COCc1ccccc1. The smallest absolute Gasteiger partial charge is 0.330 e. The normalized spacial score (nSPS) is 11.2. The minimum atomic E-state index is -0.346. The lowest BCUT2D eigenvalue weighted by Crippen LogP contribution is -2.01. The summed E-state index contributed by atoms with van der Waals surface area (Å²) in [5, 5.41) is 0. The third-order valence-electron chi connectivity index (χ3n) is 2.01. The number of hydrogen-bond acceptors (Lipinski definition) is 3. The predicted molar refractivity (Wildman–Crippen MR) is 61.9 cm³/mol. The van der Waals surface area contributed by atoms with Gasteiger partial charge < -0.3 is 9.47 Å². The first-order valence-electron chi connectivity index (χ1n) is 5.09. The number of esters is 1. The molecule has 0 radical (unpaired) electrons. The molecule has 0 aliphatic carbocycles. The molecule has 1 rings (SSSR count). The largest absolute Gasteiger partial charge is 0.466 e. The molecule has 1 aromatic rings. The van der Waals surface area contributed by atoms with E-state index in [2.05, 4.69) is 4.74 Å². The molecular formula is C13H16O3. The number of benzene rings is 1. The van der Waals surface area contributed by atoms with Crippen LogP contribution in [0.25, 0.3) is 0 Å². The summed E-state index contributed by atoms with van der Waals surface area (Å²) in [4.78, 5) is 10.9. The molecule has 16 heavy (non-hydrogen) atoms. The highest BCUT2D eigenvalue weighted by Crippen LogP contribution is 2.02. The zero-order valence-corrected chi connectivity index (χ0v) is 9.60. The maximum atomic E-state index is 10.9. The lowest BCUT2D eigenvalue weighted by molar-refractivity contribution is -0.134. The lowest BCUT2D eigenvalue weighted by Gasteiger charge is -2.04. The lowest BCUT2D eigenvalue weighted by atomic mass is 10.2. The van der Waals surface area contributed by atoms with Gasteiger partial charge >= 0.3 is 5.97 Å². The molecule has 0 bridgehead atoms. The van der Waals surface area contributed by atoms with E-state index in [1.807, 2.05) is 37.3 Å². The van der Waals surface area contributed by atoms with Crippen molar-refractivity contribution >= 4 is 5.97 Å². The van der Waals surface area contributed by atoms with E-state index in [4.69, 9.17) is 4.74 Å². The van der Waals surface area contributed by atoms with Crippen LogP contribution in [-0.4, -0.2) is 19.7 Å². The summed E-state index contributed by atoms with van der Waals surface area (Å²) in [5.41, 5.74) is 1.97. The first-order valence-corrected chi connectivity index (χ1v) is 5.09. The Kier molecular flexibility index (Phi) is 5.29. The highest BCUT2D eigenvalue weighted by atomic mass is 16.5. The molecule has 0 aliphatic rings. The van der Waals surface area contributed by atoms with E-state index in [9.17, 15) is 4.79 Å². The molecule has 0 saturated heterocycles. The molecule has 0 N–H and O–H groups in total. The van der Waals surface area contributed by atoms with Gasteiger partial charge in [0.05, 0.1) is 20.3 Å². The van der Waals surface area contributed by atoms with Crippen molar-refractivity contribution in [2.24, 2.45) is 0 Å². The molecule has 1 aromatic carbocycles. The molecule has 0 saturated carbocycles. The van der Waals surface area contributed by atoms with E-state index >= 15 is 0 Å². The summed E-state index contributed by atoms with van der Waals surface area (Å²) in [6.07, 6.45) is 1.44. The summed E-state index contributed by atoms with van der Waals surface area (Å²) < 4.78 is 9.97. The molecule has 0 aliphatic heterocycles. The third-order valence-corrected chi connectivity index (χ3v) is 2.01. The number of carbonyl (C=O) groups is 1. The van der Waals surface area contributed by atoms with Crippen LogP contribution in [-0.2, 0) is 20.9 Å². The van der Waals surface area contributed by atoms with Crippen molar-refractivity contribution in [3.63, 3.8) is 0 Å². The van der Waals surface area contributed by atoms with Crippen LogP contribution < -0.4 is 0 Å². The van der Waals surface area contributed by atoms with Gasteiger partial charge in [-0.15, -0.1) is 0 Å². The van der Waals surface area contributed by atoms with Crippen molar-refractivity contribution in [2.45, 2.75) is 13.5 Å². The van der Waals surface area contributed by atoms with Gasteiger partial charge in [-0.2, -0.15) is 0 Å². The van der Waals surface area contributed by atoms with Crippen LogP contribution in [0.1, 0.15) is 12.5 Å². The standard InChI is InChI=1S/C13H16O3/c1-11(8-13(14)15-2)9-16-10-12-6-4-3-5-7-12/h3-8H,9-10H2,1-2H3/b11-8-. The molecule has 0 heterocycles. The Morgan fingerprint density at radius 3 is 2.62 bits per heavy atom. The zero-order chi connectivity index (χ0) is 11.8. The topological polar surface area (TPSA) is 35.5 Å². The van der Waals surface area contributed by atoms with Crippen molar-refractivity contribution in [3.8, 4) is 0 Å². The van der Waals surface area contributed by atoms with Crippen LogP contribution in [0.5, 0.6) is 0 Å². The van der Waals surface area contributed by atoms with Crippen molar-refractivity contribution in [1.82, 2.24) is 0 Å². The van der Waals surface area contributed by atoms with Gasteiger partial charge in [-0.3, -0.25) is 0 Å². The second kappa shape index (κ2) is 6.80. The third kappa shape index (κ3) is 4.75. The molecule has 0 fully saturated rings. The minimum absolute atomic E-state index is 0.346. The first-order chi connectivity index (χ1) is 7.72. The Morgan fingerprint density at radius 2 is 2.00 bits per heavy atom. The Hall–Kier alpha value is -1.61. The quantitative estimate of drug-likeness (QED) is 0.564. The van der Waals surface area contributed by atoms with Crippen molar-refractivity contribution in [2.75, 3.05) is 13.7 Å². The number of hydrogen-bond donors (Lipinski definition) is 0. The molecule has 86 valence electrons. The second-order valence-electron chi connectivity index (χ2n) is 3.49. The predicted octanol–water partition coefficient (Wildman–Crippen LogP) is 2.32. The highest BCUT2D eigenvalue weighted by Gasteiger charge is 1.97. The first kappa shape index (κ1) is 12.5. The molecular weight excluding hydrogens is 204 g/mol. The Morgan fingerprint density at radius 1 is 1.31 bits per heavy atom. The fourth-order valence-corrected chi connectivity index (χ4v) is 1.21. The Labute approximate surface area is 95.7 Å². The van der Waals surface area contributed by atoms with Gasteiger partial charge in [0.1, 0.15) is 0 Å². The summed E-state index contributed by atoms with van der Waals surface area (Å²) in [6.45, 7) is 2.82. The average Bonchev–Trinajstić information content (AvgIpc) is 2.30. The number of carbonyl (C=O) groups excluding carboxylic acids is 1. The van der Waals surface area contributed by atoms with Crippen LogP contribution in [0, 0.1) is 0 Å². The molecule has 0 amide bonds. The number of ether oxygens (including phenoxy) is 2. The van der Waals surface area contributed by atoms with Crippen molar-refractivity contribution in [3.05, 3.63) is 47.5 Å². The van der Waals surface area contributed by atoms with Gasteiger partial charge in [0.2, 0.25) is 0 Å². The summed E-state index contributed by atoms with van der Waals surface area (Å²) in [5.74, 6) is -0.346. The van der Waals surface area contributed by atoms with Gasteiger partial charge in [-0.25, -0.2) is 4.79 Å². The van der Waals surface area contributed by atoms with Gasteiger partial charge in [0.25, 0.3) is 0 Å². The molecule has 0 unspecified atom stereocenters. The molecule has 0 aromatic heterocycles. The number of rotatable bonds is 5. The van der Waals surface area contributed by atoms with Gasteiger partial charge in [0, 0.05) is 6.08 Å². The van der Waals surface area contributed by atoms with Crippen molar-refractivity contribution in [1.29, 1.82) is 0 Å². The Balaban J connectivity index is 2.31. The Bertz CT molecular complexity index is 355. The van der Waals surface area contributed by atoms with E-state index < -0.39 is 0 Å². The minimum Gasteiger partial charge on any atom is -0.466 e. The molecule has 3 heteroatoms. The fourth-order valence-electron chi connectivity index (χ4n) is 1.21. The van der Waals surface area contributed by atoms with Gasteiger partial charge in [0.15, 0.2) is 0 Å². The maximum Gasteiger partial charge on any atom is 0.330 e. The monoisotopic (exact) mass is 220 g/mol. The number of methoxy groups -OCH3 is 1. The highest BCUT2D eigenvalue weighted by molar-refractivity contribution is 5.82. The molecule has 3 nitrogen and oxygen atoms in total. The summed E-state index contributed by atoms with van der Waals surface area (Å²) >= 11 is 0. The summed E-state index contributed by atoms with van der Waals surface area (Å²) in [6, 6.07) is 9.90. The van der Waals surface area contributed by atoms with Gasteiger partial charge in [-0.05, 0) is 18.1 Å². The van der Waals surface area contributed by atoms with Crippen LogP contribution in [0.4, 0.5) is 0 Å². The van der Waals surface area contributed by atoms with Crippen LogP contribution in [0.3, 0.4) is 0 Å². The second-order valence-corrected chi connectivity index (χ2v) is 3.49. The average molecular weight is 220 g/mol.